The molecule has 9 heteroatoms. The first kappa shape index (κ1) is 24.6. The summed E-state index contributed by atoms with van der Waals surface area (Å²) >= 11 is 17.9. The number of amides is 1. The van der Waals surface area contributed by atoms with Crippen LogP contribution in [0.5, 0.6) is 0 Å². The molecule has 3 aromatic rings. The van der Waals surface area contributed by atoms with E-state index in [2.05, 4.69) is 5.32 Å². The summed E-state index contributed by atoms with van der Waals surface area (Å²) in [6.07, 6.45) is 0. The smallest absolute Gasteiger partial charge is 0.243 e. The van der Waals surface area contributed by atoms with Crippen molar-refractivity contribution in [3.63, 3.8) is 0 Å². The second-order valence-corrected chi connectivity index (χ2v) is 10.4. The van der Waals surface area contributed by atoms with Gasteiger partial charge in [-0.05, 0) is 66.6 Å². The highest BCUT2D eigenvalue weighted by Gasteiger charge is 2.27. The van der Waals surface area contributed by atoms with E-state index >= 15 is 0 Å². The van der Waals surface area contributed by atoms with E-state index in [9.17, 15) is 13.2 Å². The van der Waals surface area contributed by atoms with E-state index in [-0.39, 0.29) is 24.0 Å². The van der Waals surface area contributed by atoms with Crippen LogP contribution >= 0.6 is 34.8 Å². The maximum absolute atomic E-state index is 13.3. The molecule has 0 fully saturated rings. The number of carbonyl (C=O) groups is 1. The van der Waals surface area contributed by atoms with Gasteiger partial charge < -0.3 is 5.32 Å². The molecule has 0 spiro atoms. The first-order chi connectivity index (χ1) is 15.1. The van der Waals surface area contributed by atoms with Crippen LogP contribution in [0.15, 0.2) is 77.7 Å². The highest BCUT2D eigenvalue weighted by Crippen LogP contribution is 2.22. The average Bonchev–Trinajstić information content (AvgIpc) is 2.74. The normalized spacial score (nSPS) is 12.5. The molecule has 1 N–H and O–H groups in total. The van der Waals surface area contributed by atoms with Gasteiger partial charge in [-0.25, -0.2) is 8.42 Å². The monoisotopic (exact) mass is 510 g/mol. The minimum absolute atomic E-state index is 0.0196. The Labute approximate surface area is 203 Å². The number of rotatable bonds is 8. The summed E-state index contributed by atoms with van der Waals surface area (Å²) in [4.78, 5) is 12.8. The van der Waals surface area contributed by atoms with Crippen LogP contribution in [0, 0.1) is 0 Å². The standard InChI is InChI=1S/C23H21Cl3N2O3S/c1-16(18-5-7-19(24)8-6-18)27-23(29)15-28(14-17-3-2-4-21(26)13-17)32(30,31)22-11-9-20(25)10-12-22/h2-13,16H,14-15H2,1H3,(H,27,29)/t16-/m0/s1. The SMILES string of the molecule is C[C@H](NC(=O)CN(Cc1cccc(Cl)c1)S(=O)(=O)c1ccc(Cl)cc1)c1ccc(Cl)cc1. The molecule has 1 atom stereocenters. The van der Waals surface area contributed by atoms with E-state index in [0.29, 0.717) is 20.6 Å². The number of hydrogen-bond acceptors (Lipinski definition) is 3. The fraction of sp³-hybridized carbons (Fsp3) is 0.174. The van der Waals surface area contributed by atoms with Crippen LogP contribution in [0.3, 0.4) is 0 Å². The summed E-state index contributed by atoms with van der Waals surface area (Å²) in [5.74, 6) is -0.438. The van der Waals surface area contributed by atoms with E-state index in [1.54, 1.807) is 36.4 Å². The molecule has 0 bridgehead atoms. The van der Waals surface area contributed by atoms with Crippen molar-refractivity contribution < 1.29 is 13.2 Å². The number of carbonyl (C=O) groups excluding carboxylic acids is 1. The van der Waals surface area contributed by atoms with Crippen molar-refractivity contribution in [3.8, 4) is 0 Å². The van der Waals surface area contributed by atoms with Crippen molar-refractivity contribution in [3.05, 3.63) is 99.0 Å². The zero-order valence-corrected chi connectivity index (χ0v) is 20.2. The van der Waals surface area contributed by atoms with Crippen LogP contribution < -0.4 is 5.32 Å². The molecule has 0 aliphatic heterocycles. The quantitative estimate of drug-likeness (QED) is 0.421. The predicted molar refractivity (Wildman–Crippen MR) is 129 cm³/mol. The number of nitrogens with zero attached hydrogens (tertiary/aromatic N) is 1. The first-order valence-corrected chi connectivity index (χ1v) is 12.3. The number of halogens is 3. The number of benzene rings is 3. The molecular weight excluding hydrogens is 491 g/mol. The summed E-state index contributed by atoms with van der Waals surface area (Å²) in [7, 11) is -3.98. The molecule has 0 unspecified atom stereocenters. The summed E-state index contributed by atoms with van der Waals surface area (Å²) < 4.78 is 27.8. The Hall–Kier alpha value is -2.09. The lowest BCUT2D eigenvalue weighted by atomic mass is 10.1. The van der Waals surface area contributed by atoms with E-state index in [1.807, 2.05) is 19.1 Å². The molecule has 0 radical (unpaired) electrons. The molecule has 0 aliphatic rings. The third-order valence-corrected chi connectivity index (χ3v) is 7.31. The van der Waals surface area contributed by atoms with Crippen molar-refractivity contribution in [2.45, 2.75) is 24.4 Å². The molecule has 3 aromatic carbocycles. The van der Waals surface area contributed by atoms with E-state index in [0.717, 1.165) is 9.87 Å². The molecule has 5 nitrogen and oxygen atoms in total. The van der Waals surface area contributed by atoms with Gasteiger partial charge >= 0.3 is 0 Å². The van der Waals surface area contributed by atoms with Gasteiger partial charge in [-0.15, -0.1) is 0 Å². The Morgan fingerprint density at radius 2 is 1.50 bits per heavy atom. The summed E-state index contributed by atoms with van der Waals surface area (Å²) in [6, 6.07) is 19.4. The van der Waals surface area contributed by atoms with E-state index < -0.39 is 15.9 Å². The lowest BCUT2D eigenvalue weighted by Gasteiger charge is -2.23. The van der Waals surface area contributed by atoms with Gasteiger partial charge in [0.1, 0.15) is 0 Å². The van der Waals surface area contributed by atoms with Crippen LogP contribution in [0.2, 0.25) is 15.1 Å². The summed E-state index contributed by atoms with van der Waals surface area (Å²) in [5.41, 5.74) is 1.51. The maximum Gasteiger partial charge on any atom is 0.243 e. The number of hydrogen-bond donors (Lipinski definition) is 1. The highest BCUT2D eigenvalue weighted by atomic mass is 35.5. The van der Waals surface area contributed by atoms with Gasteiger partial charge in [0.2, 0.25) is 15.9 Å². The van der Waals surface area contributed by atoms with Gasteiger partial charge in [0.05, 0.1) is 17.5 Å². The molecule has 0 aliphatic carbocycles. The molecule has 0 aromatic heterocycles. The maximum atomic E-state index is 13.3. The lowest BCUT2D eigenvalue weighted by molar-refractivity contribution is -0.122. The molecule has 0 heterocycles. The topological polar surface area (TPSA) is 66.5 Å². The Bertz CT molecular complexity index is 1180. The van der Waals surface area contributed by atoms with Gasteiger partial charge in [0.25, 0.3) is 0 Å². The Morgan fingerprint density at radius 3 is 2.09 bits per heavy atom. The Kier molecular flexibility index (Phi) is 8.20. The zero-order chi connectivity index (χ0) is 23.3. The predicted octanol–water partition coefficient (Wildman–Crippen LogP) is 5.72. The lowest BCUT2D eigenvalue weighted by Crippen LogP contribution is -2.41. The third kappa shape index (κ3) is 6.47. The fourth-order valence-electron chi connectivity index (χ4n) is 3.10. The summed E-state index contributed by atoms with van der Waals surface area (Å²) in [6.45, 7) is 1.43. The van der Waals surface area contributed by atoms with Gasteiger partial charge in [0.15, 0.2) is 0 Å². The second-order valence-electron chi connectivity index (χ2n) is 7.20. The van der Waals surface area contributed by atoms with Crippen LogP contribution in [-0.2, 0) is 21.4 Å². The van der Waals surface area contributed by atoms with Gasteiger partial charge in [-0.2, -0.15) is 4.31 Å². The van der Waals surface area contributed by atoms with Crippen molar-refractivity contribution in [1.82, 2.24) is 9.62 Å². The van der Waals surface area contributed by atoms with Crippen LogP contribution in [0.4, 0.5) is 0 Å². The van der Waals surface area contributed by atoms with E-state index in [1.165, 1.54) is 24.3 Å². The molecule has 168 valence electrons. The van der Waals surface area contributed by atoms with Crippen LogP contribution in [-0.4, -0.2) is 25.2 Å². The van der Waals surface area contributed by atoms with Crippen molar-refractivity contribution in [2.24, 2.45) is 0 Å². The average molecular weight is 512 g/mol. The first-order valence-electron chi connectivity index (χ1n) is 9.70. The highest BCUT2D eigenvalue weighted by molar-refractivity contribution is 7.89. The Balaban J connectivity index is 1.83. The fourth-order valence-corrected chi connectivity index (χ4v) is 4.95. The van der Waals surface area contributed by atoms with E-state index in [4.69, 9.17) is 34.8 Å². The minimum atomic E-state index is -3.98. The summed E-state index contributed by atoms with van der Waals surface area (Å²) in [5, 5.41) is 4.33. The molecule has 3 rings (SSSR count). The van der Waals surface area contributed by atoms with Crippen molar-refractivity contribution in [1.29, 1.82) is 0 Å². The number of nitrogens with one attached hydrogen (secondary N) is 1. The van der Waals surface area contributed by atoms with Crippen molar-refractivity contribution in [2.75, 3.05) is 6.54 Å². The van der Waals surface area contributed by atoms with Crippen molar-refractivity contribution >= 4 is 50.7 Å². The second kappa shape index (κ2) is 10.7. The molecule has 1 amide bonds. The number of sulfonamides is 1. The molecular formula is C23H21Cl3N2O3S. The van der Waals surface area contributed by atoms with Gasteiger partial charge in [-0.1, -0.05) is 59.1 Å². The molecule has 32 heavy (non-hydrogen) atoms. The Morgan fingerprint density at radius 1 is 0.906 bits per heavy atom. The van der Waals surface area contributed by atoms with Crippen LogP contribution in [0.25, 0.3) is 0 Å². The third-order valence-electron chi connectivity index (χ3n) is 4.77. The zero-order valence-electron chi connectivity index (χ0n) is 17.1. The van der Waals surface area contributed by atoms with Gasteiger partial charge in [0, 0.05) is 21.6 Å². The molecule has 0 saturated heterocycles. The van der Waals surface area contributed by atoms with Gasteiger partial charge in [-0.3, -0.25) is 4.79 Å². The largest absolute Gasteiger partial charge is 0.348 e. The minimum Gasteiger partial charge on any atom is -0.348 e. The van der Waals surface area contributed by atoms with Crippen LogP contribution in [0.1, 0.15) is 24.1 Å². The molecule has 0 saturated carbocycles.